The molecule has 0 atom stereocenters. The van der Waals surface area contributed by atoms with Gasteiger partial charge in [-0.3, -0.25) is 4.79 Å². The van der Waals surface area contributed by atoms with E-state index in [1.807, 2.05) is 0 Å². The lowest BCUT2D eigenvalue weighted by Gasteiger charge is -2.27. The Morgan fingerprint density at radius 2 is 2.05 bits per heavy atom. The Morgan fingerprint density at radius 3 is 2.67 bits per heavy atom. The monoisotopic (exact) mass is 335 g/mol. The minimum absolute atomic E-state index is 0.179. The molecule has 0 aliphatic carbocycles. The summed E-state index contributed by atoms with van der Waals surface area (Å²) in [4.78, 5) is 13.3. The molecule has 6 nitrogen and oxygen atoms in total. The van der Waals surface area contributed by atoms with Crippen molar-refractivity contribution in [3.63, 3.8) is 0 Å². The predicted octanol–water partition coefficient (Wildman–Crippen LogP) is 0.189. The largest absolute Gasteiger partial charge is 0.339 e. The second-order valence-electron chi connectivity index (χ2n) is 4.53. The third-order valence-electron chi connectivity index (χ3n) is 3.08. The van der Waals surface area contributed by atoms with Crippen LogP contribution in [0.5, 0.6) is 0 Å². The van der Waals surface area contributed by atoms with Gasteiger partial charge in [0, 0.05) is 26.2 Å². The van der Waals surface area contributed by atoms with Gasteiger partial charge in [0.15, 0.2) is 0 Å². The fourth-order valence-corrected chi connectivity index (χ4v) is 3.16. The molecule has 1 fully saturated rings. The number of amides is 1. The highest BCUT2D eigenvalue weighted by Crippen LogP contribution is 2.19. The first-order valence-corrected chi connectivity index (χ1v) is 8.19. The molecule has 1 aliphatic heterocycles. The van der Waals surface area contributed by atoms with Crippen molar-refractivity contribution in [2.24, 2.45) is 0 Å². The zero-order valence-corrected chi connectivity index (χ0v) is 12.7. The number of carbonyl (C=O) groups excluding carboxylic acids is 1. The maximum atomic E-state index is 13.0. The molecule has 2 rings (SSSR count). The third-order valence-corrected chi connectivity index (χ3v) is 4.77. The van der Waals surface area contributed by atoms with Crippen molar-refractivity contribution in [2.75, 3.05) is 32.7 Å². The van der Waals surface area contributed by atoms with Gasteiger partial charge < -0.3 is 10.2 Å². The van der Waals surface area contributed by atoms with E-state index in [2.05, 4.69) is 10.0 Å². The molecule has 21 heavy (non-hydrogen) atoms. The third kappa shape index (κ3) is 4.13. The van der Waals surface area contributed by atoms with E-state index in [1.54, 1.807) is 4.90 Å². The van der Waals surface area contributed by atoms with Crippen LogP contribution in [0.3, 0.4) is 0 Å². The number of hydrogen-bond donors (Lipinski definition) is 2. The van der Waals surface area contributed by atoms with Crippen molar-refractivity contribution >= 4 is 27.5 Å². The SMILES string of the molecule is O=C(CNS(=O)(=O)c1ccc(F)c(Cl)c1)N1CCNCC1. The molecule has 1 heterocycles. The summed E-state index contributed by atoms with van der Waals surface area (Å²) < 4.78 is 39.2. The van der Waals surface area contributed by atoms with Crippen molar-refractivity contribution in [2.45, 2.75) is 4.90 Å². The van der Waals surface area contributed by atoms with E-state index in [9.17, 15) is 17.6 Å². The van der Waals surface area contributed by atoms with Gasteiger partial charge >= 0.3 is 0 Å². The summed E-state index contributed by atoms with van der Waals surface area (Å²) in [7, 11) is -3.90. The fourth-order valence-electron chi connectivity index (χ4n) is 1.91. The van der Waals surface area contributed by atoms with Gasteiger partial charge in [0.25, 0.3) is 0 Å². The maximum Gasteiger partial charge on any atom is 0.241 e. The zero-order valence-electron chi connectivity index (χ0n) is 11.1. The van der Waals surface area contributed by atoms with Gasteiger partial charge in [-0.05, 0) is 18.2 Å². The van der Waals surface area contributed by atoms with Crippen LogP contribution in [0.15, 0.2) is 23.1 Å². The molecule has 0 saturated carbocycles. The highest BCUT2D eigenvalue weighted by Gasteiger charge is 2.20. The molecule has 1 aliphatic rings. The lowest BCUT2D eigenvalue weighted by molar-refractivity contribution is -0.130. The van der Waals surface area contributed by atoms with Crippen LogP contribution in [0, 0.1) is 5.82 Å². The van der Waals surface area contributed by atoms with Gasteiger partial charge in [-0.25, -0.2) is 17.5 Å². The van der Waals surface area contributed by atoms with Crippen molar-refractivity contribution < 1.29 is 17.6 Å². The van der Waals surface area contributed by atoms with Crippen LogP contribution in [0.4, 0.5) is 4.39 Å². The molecule has 1 saturated heterocycles. The molecule has 1 amide bonds. The van der Waals surface area contributed by atoms with Gasteiger partial charge in [-0.2, -0.15) is 0 Å². The molecular weight excluding hydrogens is 321 g/mol. The van der Waals surface area contributed by atoms with Gasteiger partial charge in [-0.1, -0.05) is 11.6 Å². The number of rotatable bonds is 4. The van der Waals surface area contributed by atoms with Crippen LogP contribution in [-0.2, 0) is 14.8 Å². The van der Waals surface area contributed by atoms with Crippen LogP contribution in [0.25, 0.3) is 0 Å². The summed E-state index contributed by atoms with van der Waals surface area (Å²) in [5, 5.41) is 2.81. The first kappa shape index (κ1) is 16.2. The van der Waals surface area contributed by atoms with Crippen molar-refractivity contribution in [3.8, 4) is 0 Å². The number of sulfonamides is 1. The molecule has 0 radical (unpaired) electrons. The highest BCUT2D eigenvalue weighted by molar-refractivity contribution is 7.89. The van der Waals surface area contributed by atoms with Crippen molar-refractivity contribution in [1.29, 1.82) is 0 Å². The molecular formula is C12H15ClFN3O3S. The zero-order chi connectivity index (χ0) is 15.5. The first-order chi connectivity index (χ1) is 9.90. The summed E-state index contributed by atoms with van der Waals surface area (Å²) in [5.41, 5.74) is 0. The molecule has 0 spiro atoms. The first-order valence-electron chi connectivity index (χ1n) is 6.33. The Bertz CT molecular complexity index is 633. The summed E-state index contributed by atoms with van der Waals surface area (Å²) >= 11 is 5.55. The van der Waals surface area contributed by atoms with E-state index in [-0.39, 0.29) is 22.4 Å². The van der Waals surface area contributed by atoms with E-state index >= 15 is 0 Å². The van der Waals surface area contributed by atoms with Gasteiger partial charge in [0.05, 0.1) is 16.5 Å². The number of hydrogen-bond acceptors (Lipinski definition) is 4. The molecule has 1 aromatic carbocycles. The van der Waals surface area contributed by atoms with Crippen LogP contribution in [0.1, 0.15) is 0 Å². The summed E-state index contributed by atoms with van der Waals surface area (Å²) in [6.07, 6.45) is 0. The maximum absolute atomic E-state index is 13.0. The highest BCUT2D eigenvalue weighted by atomic mass is 35.5. The van der Waals surface area contributed by atoms with Crippen LogP contribution >= 0.6 is 11.6 Å². The standard InChI is InChI=1S/C12H15ClFN3O3S/c13-10-7-9(1-2-11(10)14)21(19,20)16-8-12(18)17-5-3-15-4-6-17/h1-2,7,15-16H,3-6,8H2. The van der Waals surface area contributed by atoms with Gasteiger partial charge in [-0.15, -0.1) is 0 Å². The molecule has 1 aromatic rings. The quantitative estimate of drug-likeness (QED) is 0.823. The molecule has 116 valence electrons. The Balaban J connectivity index is 2.00. The molecule has 9 heteroatoms. The summed E-state index contributed by atoms with van der Waals surface area (Å²) in [6.45, 7) is 2.13. The Labute approximate surface area is 127 Å². The number of nitrogens with one attached hydrogen (secondary N) is 2. The van der Waals surface area contributed by atoms with Crippen LogP contribution in [0.2, 0.25) is 5.02 Å². The average Bonchev–Trinajstić information content (AvgIpc) is 2.48. The molecule has 0 unspecified atom stereocenters. The fraction of sp³-hybridized carbons (Fsp3) is 0.417. The second-order valence-corrected chi connectivity index (χ2v) is 6.71. The minimum atomic E-state index is -3.90. The van der Waals surface area contributed by atoms with E-state index in [0.29, 0.717) is 26.2 Å². The van der Waals surface area contributed by atoms with E-state index in [4.69, 9.17) is 11.6 Å². The lowest BCUT2D eigenvalue weighted by atomic mass is 10.3. The smallest absolute Gasteiger partial charge is 0.241 e. The molecule has 0 bridgehead atoms. The van der Waals surface area contributed by atoms with Crippen molar-refractivity contribution in [3.05, 3.63) is 29.0 Å². The Hall–Kier alpha value is -1.22. The van der Waals surface area contributed by atoms with Gasteiger partial charge in [0.1, 0.15) is 5.82 Å². The average molecular weight is 336 g/mol. The van der Waals surface area contributed by atoms with E-state index in [1.165, 1.54) is 0 Å². The Morgan fingerprint density at radius 1 is 1.38 bits per heavy atom. The molecule has 2 N–H and O–H groups in total. The summed E-state index contributed by atoms with van der Waals surface area (Å²) in [6, 6.07) is 3.07. The van der Waals surface area contributed by atoms with Crippen molar-refractivity contribution in [1.82, 2.24) is 14.9 Å². The van der Waals surface area contributed by atoms with Crippen LogP contribution < -0.4 is 10.0 Å². The Kier molecular flexibility index (Phi) is 5.15. The minimum Gasteiger partial charge on any atom is -0.339 e. The lowest BCUT2D eigenvalue weighted by Crippen LogP contribution is -2.49. The molecule has 0 aromatic heterocycles. The number of piperazine rings is 1. The summed E-state index contributed by atoms with van der Waals surface area (Å²) in [5.74, 6) is -0.999. The number of nitrogens with zero attached hydrogens (tertiary/aromatic N) is 1. The predicted molar refractivity (Wildman–Crippen MR) is 76.0 cm³/mol. The second kappa shape index (κ2) is 6.69. The normalized spacial score (nSPS) is 16.0. The van der Waals surface area contributed by atoms with Crippen LogP contribution in [-0.4, -0.2) is 51.9 Å². The topological polar surface area (TPSA) is 78.5 Å². The number of benzene rings is 1. The number of carbonyl (C=O) groups is 1. The van der Waals surface area contributed by atoms with E-state index < -0.39 is 15.8 Å². The van der Waals surface area contributed by atoms with Gasteiger partial charge in [0.2, 0.25) is 15.9 Å². The van der Waals surface area contributed by atoms with E-state index in [0.717, 1.165) is 18.2 Å². The number of halogens is 2.